The zero-order chi connectivity index (χ0) is 20.5. The normalized spacial score (nSPS) is 10.9. The lowest BCUT2D eigenvalue weighted by Crippen LogP contribution is -2.11. The maximum Gasteiger partial charge on any atom is 0.337 e. The van der Waals surface area contributed by atoms with Crippen molar-refractivity contribution in [1.82, 2.24) is 9.78 Å². The minimum atomic E-state index is -0.502. The van der Waals surface area contributed by atoms with Gasteiger partial charge in [0.1, 0.15) is 4.83 Å². The molecule has 0 spiro atoms. The molecule has 4 rings (SSSR count). The average Bonchev–Trinajstić information content (AvgIpc) is 3.30. The minimum Gasteiger partial charge on any atom is -0.465 e. The highest BCUT2D eigenvalue weighted by molar-refractivity contribution is 7.20. The van der Waals surface area contributed by atoms with Crippen molar-refractivity contribution in [1.29, 1.82) is 0 Å². The molecule has 1 amide bonds. The Kier molecular flexibility index (Phi) is 5.08. The first kappa shape index (κ1) is 19.2. The molecule has 0 aliphatic rings. The Hall–Kier alpha value is -3.16. The summed E-state index contributed by atoms with van der Waals surface area (Å²) in [6.45, 7) is 1.91. The number of nitrogens with one attached hydrogen (secondary N) is 1. The fourth-order valence-corrected chi connectivity index (χ4v) is 4.20. The molecule has 0 aliphatic carbocycles. The molecular weight excluding hydrogens is 410 g/mol. The lowest BCUT2D eigenvalue weighted by atomic mass is 10.2. The van der Waals surface area contributed by atoms with Crippen LogP contribution in [0.1, 0.15) is 25.7 Å². The molecule has 2 heterocycles. The van der Waals surface area contributed by atoms with Crippen molar-refractivity contribution < 1.29 is 14.3 Å². The molecule has 0 atom stereocenters. The van der Waals surface area contributed by atoms with Crippen molar-refractivity contribution in [2.45, 2.75) is 6.92 Å². The second-order valence-corrected chi connectivity index (χ2v) is 7.74. The summed E-state index contributed by atoms with van der Waals surface area (Å²) < 4.78 is 6.55. The van der Waals surface area contributed by atoms with Gasteiger partial charge in [-0.1, -0.05) is 29.8 Å². The van der Waals surface area contributed by atoms with Gasteiger partial charge in [-0.2, -0.15) is 5.10 Å². The number of thiophene rings is 1. The van der Waals surface area contributed by atoms with Crippen LogP contribution in [-0.2, 0) is 4.74 Å². The van der Waals surface area contributed by atoms with E-state index in [1.54, 1.807) is 12.1 Å². The molecule has 2 aromatic heterocycles. The number of carbonyl (C=O) groups excluding carboxylic acids is 2. The third-order valence-electron chi connectivity index (χ3n) is 4.40. The van der Waals surface area contributed by atoms with Gasteiger partial charge in [0.15, 0.2) is 0 Å². The van der Waals surface area contributed by atoms with E-state index in [2.05, 4.69) is 10.4 Å². The fraction of sp³-hybridized carbons (Fsp3) is 0.0952. The van der Waals surface area contributed by atoms with E-state index in [4.69, 9.17) is 16.3 Å². The summed E-state index contributed by atoms with van der Waals surface area (Å²) >= 11 is 7.53. The standard InChI is InChI=1S/C21H16ClN3O3S/c1-12-15-11-18(29-20(15)25(24-12)14-6-4-3-5-7-14)19(26)23-17-10-13(21(27)28-2)8-9-16(17)22/h3-11H,1-2H3,(H,23,26). The number of benzene rings is 2. The number of carbonyl (C=O) groups is 2. The quantitative estimate of drug-likeness (QED) is 0.462. The number of aromatic nitrogens is 2. The molecule has 4 aromatic rings. The maximum absolute atomic E-state index is 12.8. The number of rotatable bonds is 4. The van der Waals surface area contributed by atoms with Crippen LogP contribution < -0.4 is 5.32 Å². The van der Waals surface area contributed by atoms with Gasteiger partial charge < -0.3 is 10.1 Å². The van der Waals surface area contributed by atoms with E-state index in [0.29, 0.717) is 21.2 Å². The lowest BCUT2D eigenvalue weighted by Gasteiger charge is -2.08. The molecular formula is C21H16ClN3O3S. The number of hydrogen-bond donors (Lipinski definition) is 1. The molecule has 0 saturated heterocycles. The predicted molar refractivity (Wildman–Crippen MR) is 114 cm³/mol. The molecule has 0 aliphatic heterocycles. The summed E-state index contributed by atoms with van der Waals surface area (Å²) in [5.74, 6) is -0.813. The third kappa shape index (κ3) is 3.62. The van der Waals surface area contributed by atoms with Gasteiger partial charge in [-0.3, -0.25) is 4.79 Å². The first-order valence-corrected chi connectivity index (χ1v) is 9.91. The van der Waals surface area contributed by atoms with Gasteiger partial charge in [-0.25, -0.2) is 9.48 Å². The highest BCUT2D eigenvalue weighted by Gasteiger charge is 2.18. The number of anilines is 1. The number of ether oxygens (including phenoxy) is 1. The Morgan fingerprint density at radius 1 is 1.14 bits per heavy atom. The summed E-state index contributed by atoms with van der Waals surface area (Å²) in [6, 6.07) is 16.1. The van der Waals surface area contributed by atoms with Crippen molar-refractivity contribution in [2.24, 2.45) is 0 Å². The molecule has 0 radical (unpaired) electrons. The Balaban J connectivity index is 1.67. The average molecular weight is 426 g/mol. The van der Waals surface area contributed by atoms with E-state index in [-0.39, 0.29) is 5.91 Å². The summed E-state index contributed by atoms with van der Waals surface area (Å²) in [5, 5.41) is 8.61. The van der Waals surface area contributed by atoms with Gasteiger partial charge in [0, 0.05) is 5.39 Å². The molecule has 0 bridgehead atoms. The van der Waals surface area contributed by atoms with Crippen molar-refractivity contribution in [3.63, 3.8) is 0 Å². The van der Waals surface area contributed by atoms with E-state index in [0.717, 1.165) is 21.6 Å². The second kappa shape index (κ2) is 7.69. The van der Waals surface area contributed by atoms with E-state index in [1.165, 1.54) is 24.5 Å². The van der Waals surface area contributed by atoms with Crippen LogP contribution >= 0.6 is 22.9 Å². The zero-order valence-electron chi connectivity index (χ0n) is 15.6. The topological polar surface area (TPSA) is 73.2 Å². The summed E-state index contributed by atoms with van der Waals surface area (Å²) in [6.07, 6.45) is 0. The molecule has 0 saturated carbocycles. The van der Waals surface area contributed by atoms with Crippen LogP contribution in [0.3, 0.4) is 0 Å². The predicted octanol–water partition coefficient (Wildman–Crippen LogP) is 5.09. The number of aryl methyl sites for hydroxylation is 1. The molecule has 1 N–H and O–H groups in total. The molecule has 0 fully saturated rings. The first-order valence-electron chi connectivity index (χ1n) is 8.71. The summed E-state index contributed by atoms with van der Waals surface area (Å²) in [4.78, 5) is 26.0. The van der Waals surface area contributed by atoms with Crippen molar-refractivity contribution in [3.8, 4) is 5.69 Å². The molecule has 0 unspecified atom stereocenters. The van der Waals surface area contributed by atoms with Gasteiger partial charge >= 0.3 is 5.97 Å². The molecule has 8 heteroatoms. The Morgan fingerprint density at radius 3 is 2.62 bits per heavy atom. The van der Waals surface area contributed by atoms with E-state index in [1.807, 2.05) is 48.0 Å². The van der Waals surface area contributed by atoms with Crippen molar-refractivity contribution >= 4 is 50.7 Å². The van der Waals surface area contributed by atoms with Crippen molar-refractivity contribution in [3.05, 3.63) is 75.8 Å². The summed E-state index contributed by atoms with van der Waals surface area (Å²) in [7, 11) is 1.30. The number of hydrogen-bond acceptors (Lipinski definition) is 5. The number of fused-ring (bicyclic) bond motifs is 1. The zero-order valence-corrected chi connectivity index (χ0v) is 17.2. The third-order valence-corrected chi connectivity index (χ3v) is 5.84. The van der Waals surface area contributed by atoms with Gasteiger partial charge in [0.25, 0.3) is 5.91 Å². The van der Waals surface area contributed by atoms with Gasteiger partial charge in [-0.15, -0.1) is 11.3 Å². The highest BCUT2D eigenvalue weighted by atomic mass is 35.5. The number of para-hydroxylation sites is 1. The first-order chi connectivity index (χ1) is 14.0. The van der Waals surface area contributed by atoms with Crippen LogP contribution in [-0.4, -0.2) is 28.8 Å². The van der Waals surface area contributed by atoms with E-state index < -0.39 is 5.97 Å². The van der Waals surface area contributed by atoms with Crippen LogP contribution in [0.25, 0.3) is 15.9 Å². The lowest BCUT2D eigenvalue weighted by molar-refractivity contribution is 0.0600. The van der Waals surface area contributed by atoms with Crippen molar-refractivity contribution in [2.75, 3.05) is 12.4 Å². The fourth-order valence-electron chi connectivity index (χ4n) is 2.95. The number of esters is 1. The van der Waals surface area contributed by atoms with E-state index in [9.17, 15) is 9.59 Å². The monoisotopic (exact) mass is 425 g/mol. The van der Waals surface area contributed by atoms with Crippen LogP contribution in [0.5, 0.6) is 0 Å². The van der Waals surface area contributed by atoms with Crippen LogP contribution in [0.4, 0.5) is 5.69 Å². The molecule has 146 valence electrons. The van der Waals surface area contributed by atoms with Gasteiger partial charge in [-0.05, 0) is 43.3 Å². The van der Waals surface area contributed by atoms with Crippen LogP contribution in [0, 0.1) is 6.92 Å². The number of nitrogens with zero attached hydrogens (tertiary/aromatic N) is 2. The Bertz CT molecular complexity index is 1230. The Labute approximate surface area is 175 Å². The number of methoxy groups -OCH3 is 1. The van der Waals surface area contributed by atoms with Gasteiger partial charge in [0.05, 0.1) is 39.6 Å². The Morgan fingerprint density at radius 2 is 1.90 bits per heavy atom. The second-order valence-electron chi connectivity index (χ2n) is 6.30. The maximum atomic E-state index is 12.8. The number of halogens is 1. The van der Waals surface area contributed by atoms with E-state index >= 15 is 0 Å². The van der Waals surface area contributed by atoms with Gasteiger partial charge in [0.2, 0.25) is 0 Å². The molecule has 2 aromatic carbocycles. The smallest absolute Gasteiger partial charge is 0.337 e. The molecule has 6 nitrogen and oxygen atoms in total. The SMILES string of the molecule is COC(=O)c1ccc(Cl)c(NC(=O)c2cc3c(C)nn(-c4ccccc4)c3s2)c1. The highest BCUT2D eigenvalue weighted by Crippen LogP contribution is 2.31. The largest absolute Gasteiger partial charge is 0.465 e. The van der Waals surface area contributed by atoms with Crippen LogP contribution in [0.2, 0.25) is 5.02 Å². The number of amides is 1. The minimum absolute atomic E-state index is 0.305. The van der Waals surface area contributed by atoms with Crippen LogP contribution in [0.15, 0.2) is 54.6 Å². The molecule has 29 heavy (non-hydrogen) atoms. The summed E-state index contributed by atoms with van der Waals surface area (Å²) in [5.41, 5.74) is 2.41.